The summed E-state index contributed by atoms with van der Waals surface area (Å²) in [6.45, 7) is 5.50. The fourth-order valence-electron chi connectivity index (χ4n) is 3.00. The SMILES string of the molecule is CC(C)(C)N(C(=O)c1cccc2ccccc12)N(Cl)C(=O)c1ccccc1Br. The van der Waals surface area contributed by atoms with E-state index in [1.54, 1.807) is 24.3 Å². The summed E-state index contributed by atoms with van der Waals surface area (Å²) in [7, 11) is 0. The number of amides is 2. The van der Waals surface area contributed by atoms with E-state index in [1.165, 1.54) is 5.01 Å². The first-order chi connectivity index (χ1) is 13.2. The molecule has 0 saturated heterocycles. The quantitative estimate of drug-likeness (QED) is 0.345. The smallest absolute Gasteiger partial charge is 0.267 e. The van der Waals surface area contributed by atoms with Crippen LogP contribution < -0.4 is 0 Å². The third kappa shape index (κ3) is 3.91. The van der Waals surface area contributed by atoms with E-state index in [1.807, 2.05) is 63.2 Å². The van der Waals surface area contributed by atoms with E-state index in [4.69, 9.17) is 11.8 Å². The zero-order valence-electron chi connectivity index (χ0n) is 15.8. The summed E-state index contributed by atoms with van der Waals surface area (Å²) in [6, 6.07) is 20.1. The minimum absolute atomic E-state index is 0.347. The largest absolute Gasteiger partial charge is 0.288 e. The average molecular weight is 460 g/mol. The average Bonchev–Trinajstić information content (AvgIpc) is 2.66. The lowest BCUT2D eigenvalue weighted by molar-refractivity contribution is -0.00360. The molecule has 0 saturated carbocycles. The second kappa shape index (κ2) is 7.94. The van der Waals surface area contributed by atoms with Crippen molar-refractivity contribution >= 4 is 50.3 Å². The molecule has 0 radical (unpaired) electrons. The van der Waals surface area contributed by atoms with Crippen molar-refractivity contribution in [1.29, 1.82) is 0 Å². The predicted octanol–water partition coefficient (Wildman–Crippen LogP) is 6.05. The van der Waals surface area contributed by atoms with Crippen molar-refractivity contribution < 1.29 is 9.59 Å². The number of halogens is 2. The van der Waals surface area contributed by atoms with Crippen molar-refractivity contribution in [1.82, 2.24) is 9.54 Å². The monoisotopic (exact) mass is 458 g/mol. The van der Waals surface area contributed by atoms with Crippen LogP contribution >= 0.6 is 27.7 Å². The molecule has 0 fully saturated rings. The molecular formula is C22H20BrClN2O2. The van der Waals surface area contributed by atoms with Crippen molar-refractivity contribution in [3.63, 3.8) is 0 Å². The molecule has 3 aromatic rings. The molecule has 0 aromatic heterocycles. The zero-order valence-corrected chi connectivity index (χ0v) is 18.2. The number of hydrogen-bond acceptors (Lipinski definition) is 2. The Morgan fingerprint density at radius 3 is 2.07 bits per heavy atom. The van der Waals surface area contributed by atoms with Gasteiger partial charge in [0, 0.05) is 21.8 Å². The normalized spacial score (nSPS) is 11.3. The summed E-state index contributed by atoms with van der Waals surface area (Å²) in [5.41, 5.74) is 0.128. The van der Waals surface area contributed by atoms with Crippen LogP contribution in [-0.2, 0) is 0 Å². The molecule has 2 amide bonds. The first-order valence-corrected chi connectivity index (χ1v) is 9.92. The minimum atomic E-state index is -0.729. The standard InChI is InChI=1S/C22H20BrClN2O2/c1-22(2,3)25(26(24)21(28)18-12-6-7-14-19(18)23)20(27)17-13-8-10-15-9-4-5-11-16(15)17/h4-14H,1-3H3. The number of hydrogen-bond donors (Lipinski definition) is 0. The number of hydrazine groups is 1. The van der Waals surface area contributed by atoms with Crippen LogP contribution in [0.25, 0.3) is 10.8 Å². The van der Waals surface area contributed by atoms with Crippen LogP contribution in [0.4, 0.5) is 0 Å². The summed E-state index contributed by atoms with van der Waals surface area (Å²) < 4.78 is 1.49. The molecule has 0 atom stereocenters. The van der Waals surface area contributed by atoms with E-state index in [0.29, 0.717) is 15.6 Å². The highest BCUT2D eigenvalue weighted by Crippen LogP contribution is 2.28. The van der Waals surface area contributed by atoms with Gasteiger partial charge in [0.15, 0.2) is 0 Å². The summed E-state index contributed by atoms with van der Waals surface area (Å²) in [6.07, 6.45) is 0. The first kappa shape index (κ1) is 20.4. The number of benzene rings is 3. The minimum Gasteiger partial charge on any atom is -0.267 e. The van der Waals surface area contributed by atoms with Gasteiger partial charge < -0.3 is 0 Å². The third-order valence-corrected chi connectivity index (χ3v) is 5.29. The van der Waals surface area contributed by atoms with Crippen molar-refractivity contribution in [2.45, 2.75) is 26.3 Å². The van der Waals surface area contributed by atoms with Gasteiger partial charge in [-0.15, -0.1) is 0 Å². The molecule has 0 bridgehead atoms. The van der Waals surface area contributed by atoms with Crippen molar-refractivity contribution in [3.8, 4) is 0 Å². The third-order valence-electron chi connectivity index (χ3n) is 4.30. The van der Waals surface area contributed by atoms with Crippen LogP contribution in [0.15, 0.2) is 71.2 Å². The van der Waals surface area contributed by atoms with Crippen LogP contribution in [0.1, 0.15) is 41.5 Å². The molecule has 28 heavy (non-hydrogen) atoms. The maximum Gasteiger partial charge on any atom is 0.288 e. The number of fused-ring (bicyclic) bond motifs is 1. The maximum absolute atomic E-state index is 13.5. The van der Waals surface area contributed by atoms with Crippen LogP contribution in [-0.4, -0.2) is 26.9 Å². The lowest BCUT2D eigenvalue weighted by Gasteiger charge is -2.39. The van der Waals surface area contributed by atoms with Gasteiger partial charge in [-0.25, -0.2) is 5.01 Å². The molecule has 4 nitrogen and oxygen atoms in total. The second-order valence-electron chi connectivity index (χ2n) is 7.36. The Morgan fingerprint density at radius 2 is 1.39 bits per heavy atom. The van der Waals surface area contributed by atoms with E-state index in [9.17, 15) is 9.59 Å². The molecule has 0 spiro atoms. The van der Waals surface area contributed by atoms with Gasteiger partial charge in [-0.1, -0.05) is 48.5 Å². The molecule has 6 heteroatoms. The molecule has 0 heterocycles. The fourth-order valence-corrected chi connectivity index (χ4v) is 3.84. The lowest BCUT2D eigenvalue weighted by atomic mass is 10.0. The van der Waals surface area contributed by atoms with Gasteiger partial charge in [-0.2, -0.15) is 4.53 Å². The fraction of sp³-hybridized carbons (Fsp3) is 0.182. The Hall–Kier alpha value is -2.37. The number of nitrogens with zero attached hydrogens (tertiary/aromatic N) is 2. The molecule has 3 aromatic carbocycles. The van der Waals surface area contributed by atoms with E-state index in [-0.39, 0.29) is 5.91 Å². The molecular weight excluding hydrogens is 440 g/mol. The zero-order chi connectivity index (χ0) is 20.5. The lowest BCUT2D eigenvalue weighted by Crippen LogP contribution is -2.54. The van der Waals surface area contributed by atoms with Crippen molar-refractivity contribution in [2.75, 3.05) is 0 Å². The van der Waals surface area contributed by atoms with E-state index in [0.717, 1.165) is 15.3 Å². The Kier molecular flexibility index (Phi) is 5.77. The van der Waals surface area contributed by atoms with Crippen LogP contribution in [0, 0.1) is 0 Å². The highest BCUT2D eigenvalue weighted by Gasteiger charge is 2.36. The van der Waals surface area contributed by atoms with Gasteiger partial charge in [0.1, 0.15) is 0 Å². The Labute approximate surface area is 177 Å². The van der Waals surface area contributed by atoms with Crippen molar-refractivity contribution in [2.24, 2.45) is 0 Å². The first-order valence-electron chi connectivity index (χ1n) is 8.79. The van der Waals surface area contributed by atoms with Gasteiger partial charge in [0.25, 0.3) is 11.8 Å². The highest BCUT2D eigenvalue weighted by atomic mass is 79.9. The summed E-state index contributed by atoms with van der Waals surface area (Å²) >= 11 is 9.82. The summed E-state index contributed by atoms with van der Waals surface area (Å²) in [4.78, 5) is 26.5. The molecule has 144 valence electrons. The Balaban J connectivity index is 2.06. The van der Waals surface area contributed by atoms with Crippen LogP contribution in [0.2, 0.25) is 0 Å². The van der Waals surface area contributed by atoms with Gasteiger partial charge in [-0.05, 0) is 65.7 Å². The molecule has 0 aliphatic rings. The number of rotatable bonds is 2. The number of carbonyl (C=O) groups is 2. The molecule has 0 unspecified atom stereocenters. The predicted molar refractivity (Wildman–Crippen MR) is 116 cm³/mol. The van der Waals surface area contributed by atoms with Gasteiger partial charge in [0.2, 0.25) is 0 Å². The van der Waals surface area contributed by atoms with E-state index in [2.05, 4.69) is 15.9 Å². The van der Waals surface area contributed by atoms with Crippen LogP contribution in [0.3, 0.4) is 0 Å². The van der Waals surface area contributed by atoms with Gasteiger partial charge >= 0.3 is 0 Å². The molecule has 3 rings (SSSR count). The highest BCUT2D eigenvalue weighted by molar-refractivity contribution is 9.10. The number of carbonyl (C=O) groups excluding carboxylic acids is 2. The Bertz CT molecular complexity index is 1040. The van der Waals surface area contributed by atoms with E-state index >= 15 is 0 Å². The molecule has 0 aliphatic heterocycles. The summed E-state index contributed by atoms with van der Waals surface area (Å²) in [5.74, 6) is -0.836. The Morgan fingerprint density at radius 1 is 0.821 bits per heavy atom. The maximum atomic E-state index is 13.5. The van der Waals surface area contributed by atoms with E-state index < -0.39 is 11.4 Å². The topological polar surface area (TPSA) is 40.6 Å². The van der Waals surface area contributed by atoms with Crippen LogP contribution in [0.5, 0.6) is 0 Å². The second-order valence-corrected chi connectivity index (χ2v) is 8.53. The van der Waals surface area contributed by atoms with Crippen molar-refractivity contribution in [3.05, 3.63) is 82.3 Å². The summed E-state index contributed by atoms with van der Waals surface area (Å²) in [5, 5.41) is 3.04. The molecule has 0 aliphatic carbocycles. The van der Waals surface area contributed by atoms with Gasteiger partial charge in [0.05, 0.1) is 11.1 Å². The molecule has 0 N–H and O–H groups in total. The van der Waals surface area contributed by atoms with Gasteiger partial charge in [-0.3, -0.25) is 9.59 Å².